The van der Waals surface area contributed by atoms with Crippen LogP contribution < -0.4 is 14.8 Å². The molecule has 2 N–H and O–H groups in total. The Bertz CT molecular complexity index is 1050. The van der Waals surface area contributed by atoms with E-state index in [0.717, 1.165) is 5.56 Å². The van der Waals surface area contributed by atoms with Crippen molar-refractivity contribution in [1.29, 1.82) is 0 Å². The van der Waals surface area contributed by atoms with Gasteiger partial charge >= 0.3 is 0 Å². The Kier molecular flexibility index (Phi) is 6.97. The van der Waals surface area contributed by atoms with Crippen LogP contribution in [0.1, 0.15) is 42.2 Å². The second kappa shape index (κ2) is 9.49. The van der Waals surface area contributed by atoms with Crippen molar-refractivity contribution in [2.24, 2.45) is 0 Å². The summed E-state index contributed by atoms with van der Waals surface area (Å²) in [6.07, 6.45) is 0.131. The lowest BCUT2D eigenvalue weighted by Crippen LogP contribution is -2.37. The van der Waals surface area contributed by atoms with Crippen LogP contribution in [-0.4, -0.2) is 51.4 Å². The number of rotatable bonds is 6. The van der Waals surface area contributed by atoms with E-state index in [1.807, 2.05) is 30.3 Å². The Hall–Kier alpha value is -2.91. The molecule has 8 nitrogen and oxygen atoms in total. The van der Waals surface area contributed by atoms with Crippen molar-refractivity contribution in [2.45, 2.75) is 37.2 Å². The third kappa shape index (κ3) is 5.23. The van der Waals surface area contributed by atoms with Crippen molar-refractivity contribution in [3.63, 3.8) is 0 Å². The molecule has 0 aromatic heterocycles. The summed E-state index contributed by atoms with van der Waals surface area (Å²) in [5, 5.41) is 2.80. The predicted octanol–water partition coefficient (Wildman–Crippen LogP) is 2.09. The zero-order chi connectivity index (χ0) is 22.6. The van der Waals surface area contributed by atoms with Gasteiger partial charge in [-0.3, -0.25) is 9.59 Å². The van der Waals surface area contributed by atoms with Gasteiger partial charge in [0.25, 0.3) is 5.91 Å². The average molecular weight is 446 g/mol. The summed E-state index contributed by atoms with van der Waals surface area (Å²) in [7, 11) is -2.51. The Morgan fingerprint density at radius 3 is 2.55 bits per heavy atom. The molecule has 1 fully saturated rings. The summed E-state index contributed by atoms with van der Waals surface area (Å²) in [6, 6.07) is 12.9. The van der Waals surface area contributed by atoms with Crippen LogP contribution in [0.2, 0.25) is 0 Å². The maximum atomic E-state index is 13.5. The molecule has 0 aliphatic carbocycles. The van der Waals surface area contributed by atoms with Crippen LogP contribution in [-0.2, 0) is 14.8 Å². The molecule has 31 heavy (non-hydrogen) atoms. The van der Waals surface area contributed by atoms with E-state index >= 15 is 0 Å². The fourth-order valence-corrected chi connectivity index (χ4v) is 5.05. The quantitative estimate of drug-likeness (QED) is 0.708. The fourth-order valence-electron chi connectivity index (χ4n) is 3.60. The lowest BCUT2D eigenvalue weighted by atomic mass is 10.0. The first-order valence-electron chi connectivity index (χ1n) is 10.1. The van der Waals surface area contributed by atoms with E-state index in [2.05, 4.69) is 10.0 Å². The summed E-state index contributed by atoms with van der Waals surface area (Å²) in [5.74, 6) is -0.339. The van der Waals surface area contributed by atoms with E-state index in [0.29, 0.717) is 13.1 Å². The van der Waals surface area contributed by atoms with Gasteiger partial charge in [-0.25, -0.2) is 13.1 Å². The SMILES string of the molecule is COc1ccc(C(=O)N2CCNC(=O)CC2c2ccccc2)cc1S(=O)(=O)NC(C)C. The smallest absolute Gasteiger partial charge is 0.254 e. The summed E-state index contributed by atoms with van der Waals surface area (Å²) in [6.45, 7) is 4.06. The third-order valence-electron chi connectivity index (χ3n) is 4.97. The highest BCUT2D eigenvalue weighted by atomic mass is 32.2. The van der Waals surface area contributed by atoms with Crippen molar-refractivity contribution in [3.8, 4) is 5.75 Å². The number of carbonyl (C=O) groups is 2. The molecule has 2 amide bonds. The van der Waals surface area contributed by atoms with Crippen LogP contribution in [0.4, 0.5) is 0 Å². The summed E-state index contributed by atoms with van der Waals surface area (Å²) in [4.78, 5) is 27.2. The van der Waals surface area contributed by atoms with Crippen LogP contribution in [0, 0.1) is 0 Å². The Labute approximate surface area is 182 Å². The summed E-state index contributed by atoms with van der Waals surface area (Å²) in [5.41, 5.74) is 1.05. The highest BCUT2D eigenvalue weighted by Crippen LogP contribution is 2.30. The van der Waals surface area contributed by atoms with Gasteiger partial charge in [-0.15, -0.1) is 0 Å². The maximum absolute atomic E-state index is 13.5. The Morgan fingerprint density at radius 2 is 1.90 bits per heavy atom. The number of ether oxygens (including phenoxy) is 1. The molecule has 0 bridgehead atoms. The van der Waals surface area contributed by atoms with Gasteiger partial charge in [0, 0.05) is 24.7 Å². The van der Waals surface area contributed by atoms with E-state index in [1.165, 1.54) is 25.3 Å². The molecular weight excluding hydrogens is 418 g/mol. The number of nitrogens with zero attached hydrogens (tertiary/aromatic N) is 1. The molecule has 1 atom stereocenters. The standard InChI is InChI=1S/C22H27N3O5S/c1-15(2)24-31(28,29)20-13-17(9-10-19(20)30-3)22(27)25-12-11-23-21(26)14-18(25)16-7-5-4-6-8-16/h4-10,13,15,18,24H,11-12,14H2,1-3H3,(H,23,26). The molecule has 0 spiro atoms. The third-order valence-corrected chi connectivity index (χ3v) is 6.65. The molecule has 1 heterocycles. The minimum absolute atomic E-state index is 0.102. The van der Waals surface area contributed by atoms with Crippen LogP contribution >= 0.6 is 0 Å². The number of nitrogens with one attached hydrogen (secondary N) is 2. The Morgan fingerprint density at radius 1 is 1.19 bits per heavy atom. The highest BCUT2D eigenvalue weighted by molar-refractivity contribution is 7.89. The van der Waals surface area contributed by atoms with E-state index < -0.39 is 16.1 Å². The number of carbonyl (C=O) groups excluding carboxylic acids is 2. The Balaban J connectivity index is 2.02. The molecule has 166 valence electrons. The largest absolute Gasteiger partial charge is 0.495 e. The van der Waals surface area contributed by atoms with Gasteiger partial charge in [-0.2, -0.15) is 0 Å². The van der Waals surface area contributed by atoms with Gasteiger partial charge < -0.3 is 15.0 Å². The van der Waals surface area contributed by atoms with Gasteiger partial charge in [-0.1, -0.05) is 30.3 Å². The zero-order valence-corrected chi connectivity index (χ0v) is 18.6. The normalized spacial score (nSPS) is 17.2. The number of hydrogen-bond acceptors (Lipinski definition) is 5. The van der Waals surface area contributed by atoms with Crippen LogP contribution in [0.15, 0.2) is 53.4 Å². The topological polar surface area (TPSA) is 105 Å². The summed E-state index contributed by atoms with van der Waals surface area (Å²) >= 11 is 0. The first kappa shape index (κ1) is 22.8. The average Bonchev–Trinajstić information content (AvgIpc) is 2.94. The van der Waals surface area contributed by atoms with Gasteiger partial charge in [-0.05, 0) is 37.6 Å². The van der Waals surface area contributed by atoms with Gasteiger partial charge in [0.15, 0.2) is 0 Å². The molecular formula is C22H27N3O5S. The number of methoxy groups -OCH3 is 1. The molecule has 1 unspecified atom stereocenters. The maximum Gasteiger partial charge on any atom is 0.254 e. The van der Waals surface area contributed by atoms with Crippen molar-refractivity contribution >= 4 is 21.8 Å². The molecule has 2 aromatic rings. The summed E-state index contributed by atoms with van der Waals surface area (Å²) < 4.78 is 33.3. The first-order valence-corrected chi connectivity index (χ1v) is 11.5. The van der Waals surface area contributed by atoms with Crippen molar-refractivity contribution in [2.75, 3.05) is 20.2 Å². The minimum Gasteiger partial charge on any atom is -0.495 e. The zero-order valence-electron chi connectivity index (χ0n) is 17.8. The molecule has 9 heteroatoms. The first-order chi connectivity index (χ1) is 14.7. The van der Waals surface area contributed by atoms with Gasteiger partial charge in [0.05, 0.1) is 19.6 Å². The number of sulfonamides is 1. The second-order valence-electron chi connectivity index (χ2n) is 7.62. The number of amides is 2. The van der Waals surface area contributed by atoms with Crippen molar-refractivity contribution in [3.05, 3.63) is 59.7 Å². The van der Waals surface area contributed by atoms with Crippen molar-refractivity contribution < 1.29 is 22.7 Å². The molecule has 2 aromatic carbocycles. The molecule has 1 saturated heterocycles. The van der Waals surface area contributed by atoms with E-state index in [4.69, 9.17) is 4.74 Å². The molecule has 1 aliphatic heterocycles. The van der Waals surface area contributed by atoms with Crippen LogP contribution in [0.3, 0.4) is 0 Å². The lowest BCUT2D eigenvalue weighted by molar-refractivity contribution is -0.121. The molecule has 1 aliphatic rings. The van der Waals surface area contributed by atoms with Gasteiger partial charge in [0.1, 0.15) is 10.6 Å². The highest BCUT2D eigenvalue weighted by Gasteiger charge is 2.31. The lowest BCUT2D eigenvalue weighted by Gasteiger charge is -2.30. The molecule has 3 rings (SSSR count). The molecule has 0 radical (unpaired) electrons. The monoisotopic (exact) mass is 445 g/mol. The molecule has 0 saturated carbocycles. The second-order valence-corrected chi connectivity index (χ2v) is 9.30. The minimum atomic E-state index is -3.88. The van der Waals surface area contributed by atoms with Crippen LogP contribution in [0.25, 0.3) is 0 Å². The fraction of sp³-hybridized carbons (Fsp3) is 0.364. The van der Waals surface area contributed by atoms with Gasteiger partial charge in [0.2, 0.25) is 15.9 Å². The van der Waals surface area contributed by atoms with Crippen LogP contribution in [0.5, 0.6) is 5.75 Å². The van der Waals surface area contributed by atoms with E-state index in [1.54, 1.807) is 18.7 Å². The van der Waals surface area contributed by atoms with Crippen molar-refractivity contribution in [1.82, 2.24) is 14.9 Å². The number of benzene rings is 2. The number of hydrogen-bond donors (Lipinski definition) is 2. The predicted molar refractivity (Wildman–Crippen MR) is 116 cm³/mol. The van der Waals surface area contributed by atoms with E-state index in [9.17, 15) is 18.0 Å². The van der Waals surface area contributed by atoms with E-state index in [-0.39, 0.29) is 40.5 Å².